The molecule has 1 aromatic heterocycles. The van der Waals surface area contributed by atoms with Crippen LogP contribution in [0.15, 0.2) is 54.6 Å². The van der Waals surface area contributed by atoms with Crippen LogP contribution in [0.1, 0.15) is 55.4 Å². The summed E-state index contributed by atoms with van der Waals surface area (Å²) in [5.41, 5.74) is -1.81. The van der Waals surface area contributed by atoms with Crippen molar-refractivity contribution in [3.8, 4) is 34.0 Å². The first kappa shape index (κ1) is 28.8. The van der Waals surface area contributed by atoms with Gasteiger partial charge in [-0.25, -0.2) is 9.80 Å². The molecule has 7 rings (SSSR count). The summed E-state index contributed by atoms with van der Waals surface area (Å²) in [6.45, 7) is 13.7. The number of carbonyl (C=O) groups excluding carboxylic acids is 4. The molecule has 0 aliphatic carbocycles. The van der Waals surface area contributed by atoms with E-state index >= 15 is 0 Å². The monoisotopic (exact) mass is 603 g/mol. The molecule has 3 aliphatic heterocycles. The average Bonchev–Trinajstić information content (AvgIpc) is 3.20. The lowest BCUT2D eigenvalue weighted by Crippen LogP contribution is -2.37. The number of hydrogen-bond acceptors (Lipinski definition) is 8. The number of anilines is 2. The first-order chi connectivity index (χ1) is 21.0. The summed E-state index contributed by atoms with van der Waals surface area (Å²) >= 11 is 0. The van der Waals surface area contributed by atoms with E-state index in [0.29, 0.717) is 11.3 Å². The molecule has 2 fully saturated rings. The number of benzene rings is 3. The Morgan fingerprint density at radius 1 is 0.511 bits per heavy atom. The third-order valence-corrected chi connectivity index (χ3v) is 10.7. The highest BCUT2D eigenvalue weighted by molar-refractivity contribution is 6.25. The van der Waals surface area contributed by atoms with Gasteiger partial charge in [0.25, 0.3) is 0 Å². The summed E-state index contributed by atoms with van der Waals surface area (Å²) in [6, 6.07) is 17.2. The molecular formula is C35H33N5O5. The Morgan fingerprint density at radius 2 is 0.978 bits per heavy atom. The van der Waals surface area contributed by atoms with E-state index in [-0.39, 0.29) is 17.7 Å². The Morgan fingerprint density at radius 3 is 1.51 bits per heavy atom. The summed E-state index contributed by atoms with van der Waals surface area (Å²) in [5.74, 6) is -0.928. The van der Waals surface area contributed by atoms with E-state index < -0.39 is 45.3 Å². The van der Waals surface area contributed by atoms with Crippen molar-refractivity contribution in [3.05, 3.63) is 54.6 Å². The highest BCUT2D eigenvalue weighted by Gasteiger charge is 2.62. The van der Waals surface area contributed by atoms with E-state index in [0.717, 1.165) is 37.4 Å². The predicted octanol–water partition coefficient (Wildman–Crippen LogP) is 6.32. The van der Waals surface area contributed by atoms with Crippen molar-refractivity contribution < 1.29 is 23.9 Å². The van der Waals surface area contributed by atoms with Crippen molar-refractivity contribution in [2.75, 3.05) is 9.80 Å². The fraction of sp³-hybridized carbons (Fsp3) is 0.343. The van der Waals surface area contributed by atoms with Gasteiger partial charge in [-0.2, -0.15) is 15.0 Å². The van der Waals surface area contributed by atoms with Gasteiger partial charge in [0.2, 0.25) is 35.5 Å². The van der Waals surface area contributed by atoms with Crippen LogP contribution < -0.4 is 14.5 Å². The molecule has 0 atom stereocenters. The van der Waals surface area contributed by atoms with Gasteiger partial charge in [0.1, 0.15) is 11.5 Å². The molecule has 0 N–H and O–H groups in total. The topological polar surface area (TPSA) is 123 Å². The molecule has 0 spiro atoms. The van der Waals surface area contributed by atoms with E-state index in [9.17, 15) is 19.2 Å². The molecular weight excluding hydrogens is 570 g/mol. The number of aromatic nitrogens is 3. The summed E-state index contributed by atoms with van der Waals surface area (Å²) in [4.78, 5) is 70.9. The SMILES string of the molecule is CC1(C)C(=O)N(c2nc(-c3ccc4c5c(cccc35)Oc3ccccc3-4)nc(N3C(=O)C(C)(C)C(C)(C)C3=O)n2)C(=O)C1(C)C. The molecule has 0 bridgehead atoms. The number of hydrogen-bond donors (Lipinski definition) is 0. The predicted molar refractivity (Wildman–Crippen MR) is 168 cm³/mol. The smallest absolute Gasteiger partial charge is 0.244 e. The number of para-hydroxylation sites is 1. The minimum atomic E-state index is -1.06. The highest BCUT2D eigenvalue weighted by Crippen LogP contribution is 2.51. The van der Waals surface area contributed by atoms with Crippen LogP contribution in [0.4, 0.5) is 11.9 Å². The summed E-state index contributed by atoms with van der Waals surface area (Å²) in [7, 11) is 0. The third-order valence-electron chi connectivity index (χ3n) is 10.7. The summed E-state index contributed by atoms with van der Waals surface area (Å²) in [6.07, 6.45) is 0. The lowest BCUT2D eigenvalue weighted by atomic mass is 9.70. The van der Waals surface area contributed by atoms with Gasteiger partial charge in [-0.1, -0.05) is 36.4 Å². The Labute approximate surface area is 260 Å². The lowest BCUT2D eigenvalue weighted by molar-refractivity contribution is -0.129. The average molecular weight is 604 g/mol. The van der Waals surface area contributed by atoms with Crippen molar-refractivity contribution in [2.45, 2.75) is 55.4 Å². The van der Waals surface area contributed by atoms with Crippen molar-refractivity contribution >= 4 is 46.3 Å². The molecule has 4 aromatic rings. The van der Waals surface area contributed by atoms with Gasteiger partial charge in [-0.3, -0.25) is 19.2 Å². The maximum Gasteiger partial charge on any atom is 0.244 e. The summed E-state index contributed by atoms with van der Waals surface area (Å²) in [5, 5.41) is 1.59. The molecule has 2 saturated heterocycles. The van der Waals surface area contributed by atoms with Gasteiger partial charge in [-0.15, -0.1) is 0 Å². The molecule has 10 heteroatoms. The Kier molecular flexibility index (Phi) is 5.63. The maximum atomic E-state index is 13.8. The van der Waals surface area contributed by atoms with Gasteiger partial charge in [0.15, 0.2) is 5.82 Å². The van der Waals surface area contributed by atoms with Crippen LogP contribution in [0, 0.1) is 21.7 Å². The Hall–Kier alpha value is -4.99. The number of carbonyl (C=O) groups is 4. The second-order valence-electron chi connectivity index (χ2n) is 14.1. The minimum Gasteiger partial charge on any atom is -0.456 e. The fourth-order valence-electron chi connectivity index (χ4n) is 6.18. The number of ether oxygens (including phenoxy) is 1. The van der Waals surface area contributed by atoms with Crippen molar-refractivity contribution in [2.24, 2.45) is 21.7 Å². The maximum absolute atomic E-state index is 13.8. The van der Waals surface area contributed by atoms with E-state index in [1.807, 2.05) is 54.6 Å². The highest BCUT2D eigenvalue weighted by atomic mass is 16.5. The van der Waals surface area contributed by atoms with Crippen LogP contribution in [0.2, 0.25) is 0 Å². The standard InChI is InChI=1S/C35H33N5O5/c1-32(2)26(41)39(27(42)33(32,3)4)30-36-25(37-31(38-30)40-28(43)34(5,6)35(7,8)29(40)44)21-17-16-20-18-12-9-10-14-22(18)45-23-15-11-13-19(21)24(20)23/h9-17H,1-8H3. The van der Waals surface area contributed by atoms with Crippen LogP contribution >= 0.6 is 0 Å². The Balaban J connectivity index is 1.49. The second-order valence-corrected chi connectivity index (χ2v) is 14.1. The number of fused-ring (bicyclic) bond motifs is 2. The van der Waals surface area contributed by atoms with Crippen molar-refractivity contribution in [3.63, 3.8) is 0 Å². The van der Waals surface area contributed by atoms with Crippen LogP contribution in [0.5, 0.6) is 11.5 Å². The largest absolute Gasteiger partial charge is 0.456 e. The quantitative estimate of drug-likeness (QED) is 0.220. The number of imide groups is 2. The van der Waals surface area contributed by atoms with E-state index in [4.69, 9.17) is 4.74 Å². The zero-order valence-corrected chi connectivity index (χ0v) is 26.5. The van der Waals surface area contributed by atoms with Crippen LogP contribution in [0.25, 0.3) is 33.3 Å². The van der Waals surface area contributed by atoms with Gasteiger partial charge >= 0.3 is 0 Å². The van der Waals surface area contributed by atoms with Gasteiger partial charge in [-0.05, 0) is 84.5 Å². The molecule has 228 valence electrons. The molecule has 0 unspecified atom stereocenters. The zero-order chi connectivity index (χ0) is 32.4. The molecule has 4 heterocycles. The first-order valence-corrected chi connectivity index (χ1v) is 14.9. The van der Waals surface area contributed by atoms with Crippen LogP contribution in [-0.4, -0.2) is 38.6 Å². The fourth-order valence-corrected chi connectivity index (χ4v) is 6.18. The van der Waals surface area contributed by atoms with E-state index in [1.165, 1.54) is 0 Å². The molecule has 10 nitrogen and oxygen atoms in total. The normalized spacial score (nSPS) is 20.5. The number of rotatable bonds is 3. The van der Waals surface area contributed by atoms with Gasteiger partial charge in [0.05, 0.1) is 21.7 Å². The van der Waals surface area contributed by atoms with E-state index in [1.54, 1.807) is 55.4 Å². The van der Waals surface area contributed by atoms with Crippen molar-refractivity contribution in [1.29, 1.82) is 0 Å². The summed E-state index contributed by atoms with van der Waals surface area (Å²) < 4.78 is 6.25. The first-order valence-electron chi connectivity index (χ1n) is 14.9. The molecule has 3 aliphatic rings. The van der Waals surface area contributed by atoms with Gasteiger partial charge < -0.3 is 4.74 Å². The van der Waals surface area contributed by atoms with Crippen LogP contribution in [-0.2, 0) is 19.2 Å². The van der Waals surface area contributed by atoms with Crippen LogP contribution in [0.3, 0.4) is 0 Å². The minimum absolute atomic E-state index is 0.101. The lowest BCUT2D eigenvalue weighted by Gasteiger charge is -2.28. The third kappa shape index (κ3) is 3.53. The molecule has 45 heavy (non-hydrogen) atoms. The molecule has 0 saturated carbocycles. The molecule has 0 radical (unpaired) electrons. The molecule has 3 aromatic carbocycles. The molecule has 4 amide bonds. The Bertz CT molecular complexity index is 1920. The number of amides is 4. The van der Waals surface area contributed by atoms with Gasteiger partial charge in [0, 0.05) is 16.5 Å². The van der Waals surface area contributed by atoms with E-state index in [2.05, 4.69) is 15.0 Å². The zero-order valence-electron chi connectivity index (χ0n) is 26.5. The van der Waals surface area contributed by atoms with Crippen molar-refractivity contribution in [1.82, 2.24) is 15.0 Å². The number of nitrogens with zero attached hydrogens (tertiary/aromatic N) is 5. The second kappa shape index (κ2) is 8.80.